The summed E-state index contributed by atoms with van der Waals surface area (Å²) in [5.74, 6) is 0.972. The van der Waals surface area contributed by atoms with E-state index < -0.39 is 0 Å². The van der Waals surface area contributed by atoms with E-state index in [9.17, 15) is 0 Å². The van der Waals surface area contributed by atoms with Crippen LogP contribution in [-0.4, -0.2) is 21.0 Å². The molecule has 1 saturated carbocycles. The fraction of sp³-hybridized carbons (Fsp3) is 0.308. The molecule has 0 spiro atoms. The zero-order valence-corrected chi connectivity index (χ0v) is 11.1. The van der Waals surface area contributed by atoms with Crippen LogP contribution >= 0.6 is 11.6 Å². The van der Waals surface area contributed by atoms with E-state index in [0.29, 0.717) is 17.7 Å². The van der Waals surface area contributed by atoms with Gasteiger partial charge in [0, 0.05) is 18.3 Å². The monoisotopic (exact) mass is 275 g/mol. The van der Waals surface area contributed by atoms with Gasteiger partial charge in [-0.3, -0.25) is 4.98 Å². The SMILES string of the molecule is Nc1nc(Cl)cc(N(Cc2ccccn2)C2CC2)n1. The third-order valence-corrected chi connectivity index (χ3v) is 3.23. The van der Waals surface area contributed by atoms with Crippen LogP contribution in [0, 0.1) is 0 Å². The number of pyridine rings is 1. The summed E-state index contributed by atoms with van der Waals surface area (Å²) in [7, 11) is 0. The first kappa shape index (κ1) is 12.2. The number of hydrogen-bond donors (Lipinski definition) is 1. The van der Waals surface area contributed by atoms with Crippen molar-refractivity contribution in [2.24, 2.45) is 0 Å². The van der Waals surface area contributed by atoms with Crippen LogP contribution in [0.3, 0.4) is 0 Å². The lowest BCUT2D eigenvalue weighted by atomic mass is 10.3. The molecule has 0 atom stereocenters. The van der Waals surface area contributed by atoms with Crippen molar-refractivity contribution in [2.75, 3.05) is 10.6 Å². The number of halogens is 1. The molecular weight excluding hydrogens is 262 g/mol. The number of nitrogens with two attached hydrogens (primary N) is 1. The van der Waals surface area contributed by atoms with E-state index in [4.69, 9.17) is 17.3 Å². The molecule has 98 valence electrons. The van der Waals surface area contributed by atoms with Crippen molar-refractivity contribution in [3.05, 3.63) is 41.3 Å². The average Bonchev–Trinajstić information content (AvgIpc) is 3.20. The van der Waals surface area contributed by atoms with Gasteiger partial charge in [-0.25, -0.2) is 4.98 Å². The summed E-state index contributed by atoms with van der Waals surface area (Å²) >= 11 is 5.95. The van der Waals surface area contributed by atoms with Crippen LogP contribution in [0.15, 0.2) is 30.5 Å². The summed E-state index contributed by atoms with van der Waals surface area (Å²) in [4.78, 5) is 14.7. The summed E-state index contributed by atoms with van der Waals surface area (Å²) in [6.45, 7) is 0.707. The highest BCUT2D eigenvalue weighted by Gasteiger charge is 2.30. The molecule has 3 rings (SSSR count). The molecule has 0 radical (unpaired) electrons. The van der Waals surface area contributed by atoms with Crippen LogP contribution in [0.1, 0.15) is 18.5 Å². The number of anilines is 2. The van der Waals surface area contributed by atoms with Gasteiger partial charge in [-0.05, 0) is 25.0 Å². The van der Waals surface area contributed by atoms with Gasteiger partial charge in [0.1, 0.15) is 11.0 Å². The number of aromatic nitrogens is 3. The van der Waals surface area contributed by atoms with Crippen molar-refractivity contribution in [1.29, 1.82) is 0 Å². The number of nitrogens with zero attached hydrogens (tertiary/aromatic N) is 4. The third kappa shape index (κ3) is 2.93. The van der Waals surface area contributed by atoms with Crippen molar-refractivity contribution < 1.29 is 0 Å². The minimum Gasteiger partial charge on any atom is -0.368 e. The van der Waals surface area contributed by atoms with Crippen LogP contribution in [0.5, 0.6) is 0 Å². The lowest BCUT2D eigenvalue weighted by Gasteiger charge is -2.23. The highest BCUT2D eigenvalue weighted by atomic mass is 35.5. The highest BCUT2D eigenvalue weighted by Crippen LogP contribution is 2.32. The van der Waals surface area contributed by atoms with Gasteiger partial charge in [0.15, 0.2) is 0 Å². The number of nitrogen functional groups attached to an aromatic ring is 1. The molecule has 6 heteroatoms. The Labute approximate surface area is 116 Å². The molecule has 19 heavy (non-hydrogen) atoms. The molecular formula is C13H14ClN5. The highest BCUT2D eigenvalue weighted by molar-refractivity contribution is 6.29. The van der Waals surface area contributed by atoms with Crippen LogP contribution in [0.2, 0.25) is 5.15 Å². The van der Waals surface area contributed by atoms with E-state index in [1.54, 1.807) is 12.3 Å². The van der Waals surface area contributed by atoms with E-state index in [1.165, 1.54) is 0 Å². The summed E-state index contributed by atoms with van der Waals surface area (Å²) in [5, 5.41) is 0.370. The normalized spacial score (nSPS) is 14.4. The van der Waals surface area contributed by atoms with Crippen LogP contribution in [0.25, 0.3) is 0 Å². The van der Waals surface area contributed by atoms with Crippen molar-refractivity contribution in [3.63, 3.8) is 0 Å². The fourth-order valence-electron chi connectivity index (χ4n) is 2.02. The van der Waals surface area contributed by atoms with Crippen LogP contribution in [0.4, 0.5) is 11.8 Å². The minimum atomic E-state index is 0.203. The lowest BCUT2D eigenvalue weighted by molar-refractivity contribution is 0.760. The maximum Gasteiger partial charge on any atom is 0.223 e. The molecule has 2 aromatic heterocycles. The van der Waals surface area contributed by atoms with Crippen molar-refractivity contribution >= 4 is 23.4 Å². The molecule has 2 aromatic rings. The van der Waals surface area contributed by atoms with E-state index in [2.05, 4.69) is 19.9 Å². The Hall–Kier alpha value is -1.88. The lowest BCUT2D eigenvalue weighted by Crippen LogP contribution is -2.26. The van der Waals surface area contributed by atoms with E-state index in [0.717, 1.165) is 24.4 Å². The van der Waals surface area contributed by atoms with Crippen molar-refractivity contribution in [1.82, 2.24) is 15.0 Å². The average molecular weight is 276 g/mol. The Morgan fingerprint density at radius 1 is 1.32 bits per heavy atom. The smallest absolute Gasteiger partial charge is 0.223 e. The largest absolute Gasteiger partial charge is 0.368 e. The quantitative estimate of drug-likeness (QED) is 0.867. The second-order valence-electron chi connectivity index (χ2n) is 4.59. The van der Waals surface area contributed by atoms with Gasteiger partial charge in [0.05, 0.1) is 12.2 Å². The molecule has 0 aliphatic heterocycles. The van der Waals surface area contributed by atoms with Gasteiger partial charge in [0.2, 0.25) is 5.95 Å². The number of rotatable bonds is 4. The summed E-state index contributed by atoms with van der Waals surface area (Å²) in [6.07, 6.45) is 4.12. The van der Waals surface area contributed by atoms with E-state index in [1.807, 2.05) is 18.2 Å². The van der Waals surface area contributed by atoms with Crippen molar-refractivity contribution in [3.8, 4) is 0 Å². The molecule has 1 fully saturated rings. The van der Waals surface area contributed by atoms with Gasteiger partial charge >= 0.3 is 0 Å². The second kappa shape index (κ2) is 5.01. The van der Waals surface area contributed by atoms with Crippen LogP contribution in [-0.2, 0) is 6.54 Å². The number of hydrogen-bond acceptors (Lipinski definition) is 5. The summed E-state index contributed by atoms with van der Waals surface area (Å²) < 4.78 is 0. The Bertz CT molecular complexity index is 550. The first-order chi connectivity index (χ1) is 9.22. The molecule has 1 aliphatic rings. The maximum atomic E-state index is 5.95. The molecule has 0 bridgehead atoms. The van der Waals surface area contributed by atoms with Crippen molar-refractivity contribution in [2.45, 2.75) is 25.4 Å². The molecule has 0 aromatic carbocycles. The topological polar surface area (TPSA) is 67.9 Å². The Kier molecular flexibility index (Phi) is 3.21. The summed E-state index contributed by atoms with van der Waals surface area (Å²) in [5.41, 5.74) is 6.66. The zero-order valence-electron chi connectivity index (χ0n) is 10.3. The second-order valence-corrected chi connectivity index (χ2v) is 4.97. The van der Waals surface area contributed by atoms with Gasteiger partial charge in [-0.1, -0.05) is 17.7 Å². The molecule has 0 amide bonds. The Balaban J connectivity index is 1.88. The van der Waals surface area contributed by atoms with E-state index >= 15 is 0 Å². The standard InChI is InChI=1S/C13H14ClN5/c14-11-7-12(18-13(15)17-11)19(10-4-5-10)8-9-3-1-2-6-16-9/h1-3,6-7,10H,4-5,8H2,(H2,15,17,18). The molecule has 2 heterocycles. The molecule has 5 nitrogen and oxygen atoms in total. The molecule has 1 aliphatic carbocycles. The molecule has 0 unspecified atom stereocenters. The predicted octanol–water partition coefficient (Wildman–Crippen LogP) is 2.28. The first-order valence-electron chi connectivity index (χ1n) is 6.19. The molecule has 2 N–H and O–H groups in total. The first-order valence-corrected chi connectivity index (χ1v) is 6.57. The molecule has 0 saturated heterocycles. The Morgan fingerprint density at radius 3 is 2.79 bits per heavy atom. The third-order valence-electron chi connectivity index (χ3n) is 3.04. The van der Waals surface area contributed by atoms with Gasteiger partial charge in [-0.2, -0.15) is 4.98 Å². The minimum absolute atomic E-state index is 0.203. The Morgan fingerprint density at radius 2 is 2.16 bits per heavy atom. The van der Waals surface area contributed by atoms with Gasteiger partial charge in [0.25, 0.3) is 0 Å². The fourth-order valence-corrected chi connectivity index (χ4v) is 2.20. The predicted molar refractivity (Wildman–Crippen MR) is 74.9 cm³/mol. The zero-order chi connectivity index (χ0) is 13.2. The summed E-state index contributed by atoms with van der Waals surface area (Å²) in [6, 6.07) is 8.13. The van der Waals surface area contributed by atoms with Gasteiger partial charge in [-0.15, -0.1) is 0 Å². The van der Waals surface area contributed by atoms with Crippen LogP contribution < -0.4 is 10.6 Å². The van der Waals surface area contributed by atoms with E-state index in [-0.39, 0.29) is 5.95 Å². The maximum absolute atomic E-state index is 5.95. The van der Waals surface area contributed by atoms with Gasteiger partial charge < -0.3 is 10.6 Å².